The van der Waals surface area contributed by atoms with Gasteiger partial charge in [0.15, 0.2) is 0 Å². The summed E-state index contributed by atoms with van der Waals surface area (Å²) in [6.45, 7) is 0.741. The lowest BCUT2D eigenvalue weighted by atomic mass is 9.89. The van der Waals surface area contributed by atoms with E-state index >= 15 is 0 Å². The maximum atomic E-state index is 12.2. The molecule has 1 heterocycles. The summed E-state index contributed by atoms with van der Waals surface area (Å²) in [7, 11) is 0. The van der Waals surface area contributed by atoms with E-state index in [0.29, 0.717) is 23.9 Å². The Bertz CT molecular complexity index is 466. The number of carbonyl (C=O) groups is 1. The van der Waals surface area contributed by atoms with Gasteiger partial charge in [-0.15, -0.1) is 0 Å². The fourth-order valence-corrected chi connectivity index (χ4v) is 4.43. The molecule has 1 unspecified atom stereocenters. The fraction of sp³-hybridized carbons (Fsp3) is 0.588. The van der Waals surface area contributed by atoms with Crippen LogP contribution in [-0.4, -0.2) is 23.4 Å². The number of benzene rings is 1. The molecule has 1 fully saturated rings. The normalized spacial score (nSPS) is 22.3. The molecule has 108 valence electrons. The van der Waals surface area contributed by atoms with Crippen molar-refractivity contribution in [2.75, 3.05) is 12.4 Å². The molecule has 0 bridgehead atoms. The van der Waals surface area contributed by atoms with Gasteiger partial charge < -0.3 is 4.74 Å². The van der Waals surface area contributed by atoms with E-state index in [4.69, 9.17) is 4.74 Å². The Balaban J connectivity index is 1.54. The number of rotatable bonds is 5. The summed E-state index contributed by atoms with van der Waals surface area (Å²) in [6.07, 6.45) is 6.95. The summed E-state index contributed by atoms with van der Waals surface area (Å²) in [4.78, 5) is 12.2. The van der Waals surface area contributed by atoms with Crippen molar-refractivity contribution in [2.45, 2.75) is 49.7 Å². The highest BCUT2D eigenvalue weighted by molar-refractivity contribution is 8.00. The van der Waals surface area contributed by atoms with Crippen LogP contribution in [0, 0.1) is 0 Å². The molecule has 1 aliphatic carbocycles. The van der Waals surface area contributed by atoms with Gasteiger partial charge in [0, 0.05) is 11.7 Å². The van der Waals surface area contributed by atoms with Crippen molar-refractivity contribution in [1.29, 1.82) is 0 Å². The molecule has 1 aliphatic heterocycles. The van der Waals surface area contributed by atoms with Crippen LogP contribution >= 0.6 is 11.8 Å². The zero-order valence-electron chi connectivity index (χ0n) is 11.8. The summed E-state index contributed by atoms with van der Waals surface area (Å²) in [5, 5.41) is 0.737. The van der Waals surface area contributed by atoms with Crippen LogP contribution in [0.15, 0.2) is 24.3 Å². The van der Waals surface area contributed by atoms with Gasteiger partial charge in [0.05, 0.1) is 12.4 Å². The molecule has 1 aromatic carbocycles. The van der Waals surface area contributed by atoms with E-state index in [1.807, 2.05) is 30.0 Å². The molecule has 2 aliphatic rings. The Kier molecular flexibility index (Phi) is 4.66. The molecule has 0 N–H and O–H groups in total. The molecule has 20 heavy (non-hydrogen) atoms. The van der Waals surface area contributed by atoms with Gasteiger partial charge in [0.25, 0.3) is 0 Å². The maximum Gasteiger partial charge on any atom is 0.143 e. The van der Waals surface area contributed by atoms with Gasteiger partial charge in [0.2, 0.25) is 0 Å². The number of hydrogen-bond donors (Lipinski definition) is 0. The van der Waals surface area contributed by atoms with E-state index < -0.39 is 0 Å². The Morgan fingerprint density at radius 1 is 1.20 bits per heavy atom. The van der Waals surface area contributed by atoms with Gasteiger partial charge >= 0.3 is 0 Å². The third kappa shape index (κ3) is 3.38. The Morgan fingerprint density at radius 2 is 2.00 bits per heavy atom. The standard InChI is InChI=1S/C17H22O2S/c18-14(12-20-15-5-1-2-6-15)11-13-9-10-19-17-8-4-3-7-16(13)17/h3-4,7-8,13,15H,1-2,5-6,9-12H2. The summed E-state index contributed by atoms with van der Waals surface area (Å²) < 4.78 is 5.66. The Hall–Kier alpha value is -0.960. The van der Waals surface area contributed by atoms with E-state index in [-0.39, 0.29) is 0 Å². The Labute approximate surface area is 125 Å². The van der Waals surface area contributed by atoms with Crippen molar-refractivity contribution >= 4 is 17.5 Å². The van der Waals surface area contributed by atoms with E-state index in [1.165, 1.54) is 31.2 Å². The highest BCUT2D eigenvalue weighted by Gasteiger charge is 2.24. The molecule has 3 rings (SSSR count). The van der Waals surface area contributed by atoms with Crippen LogP contribution in [0.4, 0.5) is 0 Å². The van der Waals surface area contributed by atoms with Gasteiger partial charge in [-0.3, -0.25) is 4.79 Å². The summed E-state index contributed by atoms with van der Waals surface area (Å²) in [6, 6.07) is 8.16. The summed E-state index contributed by atoms with van der Waals surface area (Å²) in [5.74, 6) is 2.43. The van der Waals surface area contributed by atoms with Crippen LogP contribution in [0.5, 0.6) is 5.75 Å². The first kappa shape index (κ1) is 14.0. The molecule has 2 nitrogen and oxygen atoms in total. The molecule has 0 amide bonds. The van der Waals surface area contributed by atoms with Gasteiger partial charge in [-0.1, -0.05) is 31.0 Å². The van der Waals surface area contributed by atoms with Crippen LogP contribution in [0.2, 0.25) is 0 Å². The van der Waals surface area contributed by atoms with Crippen molar-refractivity contribution in [2.24, 2.45) is 0 Å². The van der Waals surface area contributed by atoms with E-state index in [9.17, 15) is 4.79 Å². The molecule has 1 saturated carbocycles. The van der Waals surface area contributed by atoms with Crippen molar-refractivity contribution in [3.05, 3.63) is 29.8 Å². The molecule has 1 atom stereocenters. The number of thioether (sulfide) groups is 1. The minimum absolute atomic E-state index is 0.358. The second-order valence-corrected chi connectivity index (χ2v) is 7.12. The summed E-state index contributed by atoms with van der Waals surface area (Å²) in [5.41, 5.74) is 1.22. The SMILES string of the molecule is O=C(CSC1CCCC1)CC1CCOc2ccccc21. The van der Waals surface area contributed by atoms with Crippen LogP contribution in [0.25, 0.3) is 0 Å². The number of para-hydroxylation sites is 1. The van der Waals surface area contributed by atoms with Gasteiger partial charge in [0.1, 0.15) is 11.5 Å². The fourth-order valence-electron chi connectivity index (χ4n) is 3.23. The monoisotopic (exact) mass is 290 g/mol. The number of ether oxygens (including phenoxy) is 1. The van der Waals surface area contributed by atoms with Crippen LogP contribution in [-0.2, 0) is 4.79 Å². The second-order valence-electron chi connectivity index (χ2n) is 5.83. The lowest BCUT2D eigenvalue weighted by molar-refractivity contribution is -0.117. The lowest BCUT2D eigenvalue weighted by Gasteiger charge is -2.25. The molecular weight excluding hydrogens is 268 g/mol. The largest absolute Gasteiger partial charge is 0.493 e. The second kappa shape index (κ2) is 6.66. The number of carbonyl (C=O) groups excluding carboxylic acids is 1. The highest BCUT2D eigenvalue weighted by atomic mass is 32.2. The van der Waals surface area contributed by atoms with Gasteiger partial charge in [-0.2, -0.15) is 11.8 Å². The molecular formula is C17H22O2S. The lowest BCUT2D eigenvalue weighted by Crippen LogP contribution is -2.18. The number of ketones is 1. The number of hydrogen-bond acceptors (Lipinski definition) is 3. The average molecular weight is 290 g/mol. The predicted molar refractivity (Wildman–Crippen MR) is 83.6 cm³/mol. The van der Waals surface area contributed by atoms with Crippen molar-refractivity contribution in [1.82, 2.24) is 0 Å². The van der Waals surface area contributed by atoms with E-state index in [1.54, 1.807) is 0 Å². The van der Waals surface area contributed by atoms with Crippen molar-refractivity contribution in [3.63, 3.8) is 0 Å². The highest BCUT2D eigenvalue weighted by Crippen LogP contribution is 2.36. The third-order valence-corrected chi connectivity index (χ3v) is 5.77. The first-order chi connectivity index (χ1) is 9.83. The zero-order chi connectivity index (χ0) is 13.8. The number of Topliss-reactive ketones (excluding diaryl/α,β-unsaturated/α-hetero) is 1. The third-order valence-electron chi connectivity index (χ3n) is 4.34. The molecule has 0 radical (unpaired) electrons. The van der Waals surface area contributed by atoms with Crippen molar-refractivity contribution in [3.8, 4) is 5.75 Å². The zero-order valence-corrected chi connectivity index (χ0v) is 12.7. The van der Waals surface area contributed by atoms with Crippen LogP contribution in [0.1, 0.15) is 50.0 Å². The molecule has 0 aromatic heterocycles. The maximum absolute atomic E-state index is 12.2. The van der Waals surface area contributed by atoms with Crippen LogP contribution in [0.3, 0.4) is 0 Å². The smallest absolute Gasteiger partial charge is 0.143 e. The first-order valence-electron chi connectivity index (χ1n) is 7.68. The predicted octanol–water partition coefficient (Wildman–Crippen LogP) is 4.19. The van der Waals surface area contributed by atoms with Crippen molar-refractivity contribution < 1.29 is 9.53 Å². The van der Waals surface area contributed by atoms with Crippen LogP contribution < -0.4 is 4.74 Å². The van der Waals surface area contributed by atoms with Gasteiger partial charge in [-0.05, 0) is 36.8 Å². The summed E-state index contributed by atoms with van der Waals surface area (Å²) >= 11 is 1.88. The van der Waals surface area contributed by atoms with Gasteiger partial charge in [-0.25, -0.2) is 0 Å². The minimum Gasteiger partial charge on any atom is -0.493 e. The Morgan fingerprint density at radius 3 is 2.85 bits per heavy atom. The van der Waals surface area contributed by atoms with E-state index in [0.717, 1.165) is 24.0 Å². The molecule has 3 heteroatoms. The average Bonchev–Trinajstić information content (AvgIpc) is 2.99. The quantitative estimate of drug-likeness (QED) is 0.813. The van der Waals surface area contributed by atoms with E-state index in [2.05, 4.69) is 6.07 Å². The molecule has 0 saturated heterocycles. The first-order valence-corrected chi connectivity index (χ1v) is 8.73. The number of fused-ring (bicyclic) bond motifs is 1. The topological polar surface area (TPSA) is 26.3 Å². The molecule has 0 spiro atoms. The molecule has 1 aromatic rings. The minimum atomic E-state index is 0.358.